The van der Waals surface area contributed by atoms with Gasteiger partial charge in [-0.05, 0) is 56.2 Å². The molecule has 0 aliphatic heterocycles. The minimum absolute atomic E-state index is 0.712. The summed E-state index contributed by atoms with van der Waals surface area (Å²) in [4.78, 5) is 1.49. The Kier molecular flexibility index (Phi) is 6.74. The van der Waals surface area contributed by atoms with Crippen molar-refractivity contribution >= 4 is 11.3 Å². The van der Waals surface area contributed by atoms with E-state index in [4.69, 9.17) is 0 Å². The Morgan fingerprint density at radius 1 is 1.25 bits per heavy atom. The summed E-state index contributed by atoms with van der Waals surface area (Å²) in [6, 6.07) is 2.99. The van der Waals surface area contributed by atoms with E-state index in [1.807, 2.05) is 11.3 Å². The summed E-state index contributed by atoms with van der Waals surface area (Å²) in [5, 5.41) is 5.86. The second-order valence-electron chi connectivity index (χ2n) is 4.48. The van der Waals surface area contributed by atoms with Gasteiger partial charge in [-0.2, -0.15) is 0 Å². The van der Waals surface area contributed by atoms with Crippen LogP contribution in [0.15, 0.2) is 11.4 Å². The molecule has 0 bridgehead atoms. The summed E-state index contributed by atoms with van der Waals surface area (Å²) in [6.45, 7) is 7.90. The summed E-state index contributed by atoms with van der Waals surface area (Å²) >= 11 is 1.87. The van der Waals surface area contributed by atoms with Gasteiger partial charge in [-0.1, -0.05) is 20.3 Å². The molecule has 0 saturated carbocycles. The lowest BCUT2D eigenvalue weighted by Gasteiger charge is -2.17. The summed E-state index contributed by atoms with van der Waals surface area (Å²) in [7, 11) is 0. The zero-order chi connectivity index (χ0) is 11.8. The monoisotopic (exact) mass is 239 g/mol. The highest BCUT2D eigenvalue weighted by Gasteiger charge is 2.08. The lowest BCUT2D eigenvalue weighted by atomic mass is 10.0. The first-order valence-electron chi connectivity index (χ1n) is 6.54. The molecule has 2 heteroatoms. The number of aryl methyl sites for hydroxylation is 2. The molecule has 16 heavy (non-hydrogen) atoms. The molecule has 0 aliphatic rings. The maximum Gasteiger partial charge on any atom is 0.00701 e. The highest BCUT2D eigenvalue weighted by atomic mass is 32.1. The normalized spacial score (nSPS) is 12.9. The summed E-state index contributed by atoms with van der Waals surface area (Å²) in [5.41, 5.74) is 1.55. The van der Waals surface area contributed by atoms with E-state index in [1.54, 1.807) is 5.56 Å². The fraction of sp³-hybridized carbons (Fsp3) is 0.714. The fourth-order valence-corrected chi connectivity index (χ4v) is 2.80. The van der Waals surface area contributed by atoms with Gasteiger partial charge >= 0.3 is 0 Å². The Hall–Kier alpha value is -0.340. The largest absolute Gasteiger partial charge is 0.314 e. The highest BCUT2D eigenvalue weighted by molar-refractivity contribution is 7.10. The predicted molar refractivity (Wildman–Crippen MR) is 74.4 cm³/mol. The molecule has 1 aromatic heterocycles. The molecule has 0 spiro atoms. The Morgan fingerprint density at radius 2 is 2.06 bits per heavy atom. The number of hydrogen-bond acceptors (Lipinski definition) is 2. The molecule has 0 aliphatic carbocycles. The zero-order valence-electron chi connectivity index (χ0n) is 10.9. The second-order valence-corrected chi connectivity index (χ2v) is 5.60. The maximum atomic E-state index is 3.66. The third kappa shape index (κ3) is 4.67. The van der Waals surface area contributed by atoms with Gasteiger partial charge in [0.2, 0.25) is 0 Å². The molecular weight excluding hydrogens is 214 g/mol. The molecule has 1 heterocycles. The maximum absolute atomic E-state index is 3.66. The van der Waals surface area contributed by atoms with Gasteiger partial charge in [0.05, 0.1) is 0 Å². The Morgan fingerprint density at radius 3 is 2.62 bits per heavy atom. The van der Waals surface area contributed by atoms with Crippen LogP contribution in [-0.4, -0.2) is 12.6 Å². The molecule has 1 aromatic rings. The molecule has 0 amide bonds. The van der Waals surface area contributed by atoms with Crippen LogP contribution in [0.5, 0.6) is 0 Å². The van der Waals surface area contributed by atoms with Gasteiger partial charge in [0, 0.05) is 10.9 Å². The van der Waals surface area contributed by atoms with Gasteiger partial charge in [0.25, 0.3) is 0 Å². The van der Waals surface area contributed by atoms with Crippen molar-refractivity contribution in [2.24, 2.45) is 0 Å². The number of thiophene rings is 1. The molecule has 92 valence electrons. The van der Waals surface area contributed by atoms with Crippen LogP contribution in [0, 0.1) is 6.92 Å². The van der Waals surface area contributed by atoms with Crippen LogP contribution < -0.4 is 5.32 Å². The van der Waals surface area contributed by atoms with Crippen molar-refractivity contribution in [2.75, 3.05) is 6.54 Å². The fourth-order valence-electron chi connectivity index (χ4n) is 2.05. The molecule has 1 nitrogen and oxygen atoms in total. The van der Waals surface area contributed by atoms with Gasteiger partial charge in [-0.25, -0.2) is 0 Å². The lowest BCUT2D eigenvalue weighted by molar-refractivity contribution is 0.449. The summed E-state index contributed by atoms with van der Waals surface area (Å²) < 4.78 is 0. The lowest BCUT2D eigenvalue weighted by Crippen LogP contribution is -2.30. The van der Waals surface area contributed by atoms with Crippen molar-refractivity contribution in [1.82, 2.24) is 5.32 Å². The van der Waals surface area contributed by atoms with Crippen molar-refractivity contribution in [3.63, 3.8) is 0 Å². The van der Waals surface area contributed by atoms with E-state index in [0.29, 0.717) is 6.04 Å². The summed E-state index contributed by atoms with van der Waals surface area (Å²) in [6.07, 6.45) is 6.34. The first-order chi connectivity index (χ1) is 7.77. The zero-order valence-corrected chi connectivity index (χ0v) is 11.7. The Balaban J connectivity index is 2.34. The van der Waals surface area contributed by atoms with Crippen LogP contribution in [0.4, 0.5) is 0 Å². The van der Waals surface area contributed by atoms with Crippen LogP contribution in [0.25, 0.3) is 0 Å². The molecule has 0 aromatic carbocycles. The SMILES string of the molecule is CCCNC(CCC)CCc1ccsc1C. The Bertz CT molecular complexity index is 280. The molecule has 1 rings (SSSR count). The molecule has 0 fully saturated rings. The predicted octanol–water partition coefficient (Wildman–Crippen LogP) is 4.16. The minimum Gasteiger partial charge on any atom is -0.314 e. The average molecular weight is 239 g/mol. The van der Waals surface area contributed by atoms with Crippen molar-refractivity contribution in [3.05, 3.63) is 21.9 Å². The van der Waals surface area contributed by atoms with E-state index in [-0.39, 0.29) is 0 Å². The quantitative estimate of drug-likeness (QED) is 0.718. The van der Waals surface area contributed by atoms with Crippen LogP contribution >= 0.6 is 11.3 Å². The van der Waals surface area contributed by atoms with E-state index >= 15 is 0 Å². The second kappa shape index (κ2) is 7.86. The number of hydrogen-bond donors (Lipinski definition) is 1. The highest BCUT2D eigenvalue weighted by Crippen LogP contribution is 2.18. The van der Waals surface area contributed by atoms with Crippen LogP contribution in [0.2, 0.25) is 0 Å². The Labute approximate surface area is 104 Å². The van der Waals surface area contributed by atoms with Gasteiger partial charge in [0.15, 0.2) is 0 Å². The van der Waals surface area contributed by atoms with Crippen molar-refractivity contribution in [1.29, 1.82) is 0 Å². The van der Waals surface area contributed by atoms with Gasteiger partial charge in [-0.15, -0.1) is 11.3 Å². The van der Waals surface area contributed by atoms with Gasteiger partial charge in [-0.3, -0.25) is 0 Å². The van der Waals surface area contributed by atoms with E-state index in [9.17, 15) is 0 Å². The van der Waals surface area contributed by atoms with Gasteiger partial charge < -0.3 is 5.32 Å². The van der Waals surface area contributed by atoms with Crippen LogP contribution in [0.1, 0.15) is 50.0 Å². The molecule has 1 N–H and O–H groups in total. The average Bonchev–Trinajstić information content (AvgIpc) is 2.68. The molecular formula is C14H25NS. The molecule has 0 radical (unpaired) electrons. The first-order valence-corrected chi connectivity index (χ1v) is 7.42. The third-order valence-corrected chi connectivity index (χ3v) is 3.94. The van der Waals surface area contributed by atoms with E-state index < -0.39 is 0 Å². The number of nitrogens with one attached hydrogen (secondary N) is 1. The van der Waals surface area contributed by atoms with E-state index in [1.165, 1.54) is 37.0 Å². The van der Waals surface area contributed by atoms with Crippen molar-refractivity contribution < 1.29 is 0 Å². The van der Waals surface area contributed by atoms with Gasteiger partial charge in [0.1, 0.15) is 0 Å². The van der Waals surface area contributed by atoms with Crippen LogP contribution in [0.3, 0.4) is 0 Å². The molecule has 1 unspecified atom stereocenters. The van der Waals surface area contributed by atoms with Crippen LogP contribution in [-0.2, 0) is 6.42 Å². The molecule has 1 atom stereocenters. The topological polar surface area (TPSA) is 12.0 Å². The third-order valence-electron chi connectivity index (χ3n) is 3.05. The number of rotatable bonds is 8. The standard InChI is InChI=1S/C14H25NS/c1-4-6-14(15-10-5-2)8-7-13-9-11-16-12(13)3/h9,11,14-15H,4-8,10H2,1-3H3. The van der Waals surface area contributed by atoms with E-state index in [0.717, 1.165) is 6.54 Å². The summed E-state index contributed by atoms with van der Waals surface area (Å²) in [5.74, 6) is 0. The smallest absolute Gasteiger partial charge is 0.00701 e. The van der Waals surface area contributed by atoms with Crippen molar-refractivity contribution in [3.8, 4) is 0 Å². The minimum atomic E-state index is 0.712. The first kappa shape index (κ1) is 13.7. The molecule has 0 saturated heterocycles. The van der Waals surface area contributed by atoms with E-state index in [2.05, 4.69) is 37.5 Å². The van der Waals surface area contributed by atoms with Crippen molar-refractivity contribution in [2.45, 2.75) is 58.9 Å².